The van der Waals surface area contributed by atoms with E-state index in [9.17, 15) is 14.4 Å². The Hall–Kier alpha value is -2.47. The van der Waals surface area contributed by atoms with Gasteiger partial charge in [-0.2, -0.15) is 0 Å². The summed E-state index contributed by atoms with van der Waals surface area (Å²) in [5.74, 6) is -0.649. The molecule has 2 aromatic carbocycles. The maximum Gasteiger partial charge on any atom is 0.343 e. The van der Waals surface area contributed by atoms with Gasteiger partial charge >= 0.3 is 5.97 Å². The second-order valence-electron chi connectivity index (χ2n) is 6.90. The van der Waals surface area contributed by atoms with Crippen molar-refractivity contribution < 1.29 is 19.1 Å². The van der Waals surface area contributed by atoms with Crippen molar-refractivity contribution in [1.29, 1.82) is 0 Å². The fraction of sp³-hybridized carbons (Fsp3) is 0.286. The number of ether oxygens (including phenoxy) is 1. The summed E-state index contributed by atoms with van der Waals surface area (Å²) >= 11 is 3.33. The van der Waals surface area contributed by atoms with Crippen LogP contribution < -0.4 is 9.64 Å². The number of esters is 1. The van der Waals surface area contributed by atoms with Crippen molar-refractivity contribution in [2.45, 2.75) is 25.7 Å². The average Bonchev–Trinajstić information content (AvgIpc) is 2.95. The van der Waals surface area contributed by atoms with Crippen LogP contribution in [0.2, 0.25) is 0 Å². The van der Waals surface area contributed by atoms with Crippen LogP contribution in [0.25, 0.3) is 0 Å². The first-order valence-corrected chi connectivity index (χ1v) is 9.79. The lowest BCUT2D eigenvalue weighted by Gasteiger charge is -2.19. The third-order valence-corrected chi connectivity index (χ3v) is 5.76. The van der Waals surface area contributed by atoms with Crippen molar-refractivity contribution in [2.75, 3.05) is 4.90 Å². The Labute approximate surface area is 165 Å². The van der Waals surface area contributed by atoms with Gasteiger partial charge in [-0.25, -0.2) is 4.79 Å². The fourth-order valence-corrected chi connectivity index (χ4v) is 4.10. The number of carbonyl (C=O) groups excluding carboxylic acids is 3. The van der Waals surface area contributed by atoms with Crippen molar-refractivity contribution >= 4 is 39.4 Å². The van der Waals surface area contributed by atoms with E-state index >= 15 is 0 Å². The Morgan fingerprint density at radius 3 is 2.00 bits per heavy atom. The van der Waals surface area contributed by atoms with Gasteiger partial charge in [0.15, 0.2) is 0 Å². The number of imide groups is 1. The van der Waals surface area contributed by atoms with Crippen LogP contribution >= 0.6 is 15.9 Å². The molecule has 2 aromatic rings. The molecule has 5 nitrogen and oxygen atoms in total. The molecule has 2 unspecified atom stereocenters. The molecule has 0 bridgehead atoms. The van der Waals surface area contributed by atoms with Gasteiger partial charge in [-0.3, -0.25) is 14.5 Å². The molecule has 1 aliphatic carbocycles. The average molecular weight is 428 g/mol. The summed E-state index contributed by atoms with van der Waals surface area (Å²) in [7, 11) is 0. The van der Waals surface area contributed by atoms with E-state index in [4.69, 9.17) is 4.74 Å². The van der Waals surface area contributed by atoms with Crippen molar-refractivity contribution in [3.8, 4) is 5.75 Å². The molecule has 2 aliphatic rings. The molecule has 2 atom stereocenters. The molecular weight excluding hydrogens is 410 g/mol. The van der Waals surface area contributed by atoms with Crippen LogP contribution in [0.3, 0.4) is 0 Å². The lowest BCUT2D eigenvalue weighted by molar-refractivity contribution is -0.122. The van der Waals surface area contributed by atoms with E-state index < -0.39 is 5.97 Å². The Bertz CT molecular complexity index is 867. The van der Waals surface area contributed by atoms with E-state index in [0.29, 0.717) is 17.0 Å². The maximum atomic E-state index is 12.6. The van der Waals surface area contributed by atoms with Gasteiger partial charge in [0.1, 0.15) is 5.75 Å². The number of carbonyl (C=O) groups is 3. The number of benzene rings is 2. The zero-order chi connectivity index (χ0) is 19.0. The molecule has 0 aromatic heterocycles. The van der Waals surface area contributed by atoms with Crippen molar-refractivity contribution in [1.82, 2.24) is 0 Å². The van der Waals surface area contributed by atoms with Crippen LogP contribution in [-0.2, 0) is 9.59 Å². The summed E-state index contributed by atoms with van der Waals surface area (Å²) in [6.45, 7) is 0. The molecule has 1 saturated carbocycles. The molecular formula is C21H18BrNO4. The zero-order valence-corrected chi connectivity index (χ0v) is 16.1. The van der Waals surface area contributed by atoms with Crippen LogP contribution in [0, 0.1) is 11.8 Å². The van der Waals surface area contributed by atoms with Crippen LogP contribution in [0.15, 0.2) is 53.0 Å². The highest BCUT2D eigenvalue weighted by atomic mass is 79.9. The number of amides is 2. The van der Waals surface area contributed by atoms with Crippen molar-refractivity contribution in [3.05, 3.63) is 58.6 Å². The largest absolute Gasteiger partial charge is 0.423 e. The molecule has 27 heavy (non-hydrogen) atoms. The zero-order valence-electron chi connectivity index (χ0n) is 14.6. The molecule has 4 rings (SSSR count). The molecule has 2 fully saturated rings. The summed E-state index contributed by atoms with van der Waals surface area (Å²) < 4.78 is 6.23. The number of hydrogen-bond acceptors (Lipinski definition) is 4. The highest BCUT2D eigenvalue weighted by molar-refractivity contribution is 9.10. The summed E-state index contributed by atoms with van der Waals surface area (Å²) in [6.07, 6.45) is 3.55. The van der Waals surface area contributed by atoms with E-state index in [-0.39, 0.29) is 23.7 Å². The first-order valence-electron chi connectivity index (χ1n) is 9.00. The summed E-state index contributed by atoms with van der Waals surface area (Å²) in [6, 6.07) is 13.4. The second kappa shape index (κ2) is 7.27. The Morgan fingerprint density at radius 1 is 0.889 bits per heavy atom. The Kier molecular flexibility index (Phi) is 4.83. The van der Waals surface area contributed by atoms with Gasteiger partial charge in [-0.1, -0.05) is 28.8 Å². The van der Waals surface area contributed by atoms with E-state index in [1.807, 2.05) is 0 Å². The first-order chi connectivity index (χ1) is 13.0. The monoisotopic (exact) mass is 427 g/mol. The molecule has 6 heteroatoms. The summed E-state index contributed by atoms with van der Waals surface area (Å²) in [5.41, 5.74) is 0.873. The van der Waals surface area contributed by atoms with E-state index in [0.717, 1.165) is 30.2 Å². The van der Waals surface area contributed by atoms with Crippen LogP contribution in [0.5, 0.6) is 5.75 Å². The van der Waals surface area contributed by atoms with Crippen molar-refractivity contribution in [3.63, 3.8) is 0 Å². The fourth-order valence-electron chi connectivity index (χ4n) is 3.83. The highest BCUT2D eigenvalue weighted by Crippen LogP contribution is 2.40. The normalized spacial score (nSPS) is 21.9. The smallest absolute Gasteiger partial charge is 0.343 e. The maximum absolute atomic E-state index is 12.6. The Morgan fingerprint density at radius 2 is 1.44 bits per heavy atom. The van der Waals surface area contributed by atoms with Crippen LogP contribution in [-0.4, -0.2) is 17.8 Å². The quantitative estimate of drug-likeness (QED) is 0.414. The second-order valence-corrected chi connectivity index (χ2v) is 7.82. The molecule has 0 radical (unpaired) electrons. The van der Waals surface area contributed by atoms with E-state index in [2.05, 4.69) is 15.9 Å². The molecule has 1 heterocycles. The van der Waals surface area contributed by atoms with Gasteiger partial charge in [0.2, 0.25) is 11.8 Å². The van der Waals surface area contributed by atoms with Gasteiger partial charge < -0.3 is 4.74 Å². The molecule has 138 valence electrons. The minimum atomic E-state index is -0.489. The topological polar surface area (TPSA) is 63.7 Å². The predicted molar refractivity (Wildman–Crippen MR) is 103 cm³/mol. The van der Waals surface area contributed by atoms with Crippen molar-refractivity contribution in [2.24, 2.45) is 11.8 Å². The predicted octanol–water partition coefficient (Wildman–Crippen LogP) is 4.35. The van der Waals surface area contributed by atoms with Gasteiger partial charge in [0, 0.05) is 4.47 Å². The van der Waals surface area contributed by atoms with Gasteiger partial charge in [-0.05, 0) is 61.4 Å². The summed E-state index contributed by atoms with van der Waals surface area (Å²) in [5, 5.41) is 0. The molecule has 0 N–H and O–H groups in total. The molecule has 2 amide bonds. The van der Waals surface area contributed by atoms with E-state index in [1.54, 1.807) is 48.5 Å². The molecule has 1 aliphatic heterocycles. The molecule has 0 spiro atoms. The van der Waals surface area contributed by atoms with E-state index in [1.165, 1.54) is 4.90 Å². The number of rotatable bonds is 3. The number of hydrogen-bond donors (Lipinski definition) is 0. The Balaban J connectivity index is 1.50. The lowest BCUT2D eigenvalue weighted by atomic mass is 9.81. The SMILES string of the molecule is O=C(Oc1ccc(Br)cc1)c1ccc(N2C(=O)C3CCCCC3C2=O)cc1. The lowest BCUT2D eigenvalue weighted by Crippen LogP contribution is -2.30. The minimum absolute atomic E-state index is 0.116. The minimum Gasteiger partial charge on any atom is -0.423 e. The number of nitrogens with zero attached hydrogens (tertiary/aromatic N) is 1. The molecule has 1 saturated heterocycles. The third-order valence-electron chi connectivity index (χ3n) is 5.23. The number of anilines is 1. The van der Waals surface area contributed by atoms with Crippen LogP contribution in [0.4, 0.5) is 5.69 Å². The first kappa shape index (κ1) is 17.9. The third kappa shape index (κ3) is 3.41. The standard InChI is InChI=1S/C21H18BrNO4/c22-14-7-11-16(12-8-14)27-21(26)13-5-9-15(10-6-13)23-19(24)17-3-1-2-4-18(17)20(23)25/h5-12,17-18H,1-4H2. The highest BCUT2D eigenvalue weighted by Gasteiger charge is 2.48. The summed E-state index contributed by atoms with van der Waals surface area (Å²) in [4.78, 5) is 38.9. The number of halogens is 1. The number of fused-ring (bicyclic) bond motifs is 1. The van der Waals surface area contributed by atoms with Gasteiger partial charge in [0.05, 0.1) is 23.1 Å². The van der Waals surface area contributed by atoms with Gasteiger partial charge in [0.25, 0.3) is 0 Å². The van der Waals surface area contributed by atoms with Crippen LogP contribution in [0.1, 0.15) is 36.0 Å². The van der Waals surface area contributed by atoms with Gasteiger partial charge in [-0.15, -0.1) is 0 Å².